The van der Waals surface area contributed by atoms with Gasteiger partial charge in [0.05, 0.1) is 11.4 Å². The third-order valence-corrected chi connectivity index (χ3v) is 3.94. The molecule has 15 heavy (non-hydrogen) atoms. The monoisotopic (exact) mass is 241 g/mol. The number of aliphatic hydroxyl groups is 1. The Bertz CT molecular complexity index is 338. The Labute approximate surface area is 98.9 Å². The van der Waals surface area contributed by atoms with Crippen LogP contribution in [0.1, 0.15) is 16.2 Å². The number of aliphatic hydroxyl groups excluding tert-OH is 1. The Kier molecular flexibility index (Phi) is 6.53. The molecule has 0 radical (unpaired) electrons. The van der Waals surface area contributed by atoms with Crippen LogP contribution in [0.3, 0.4) is 0 Å². The van der Waals surface area contributed by atoms with Crippen molar-refractivity contribution in [1.29, 1.82) is 0 Å². The van der Waals surface area contributed by atoms with Gasteiger partial charge in [-0.2, -0.15) is 11.8 Å². The van der Waals surface area contributed by atoms with Crippen LogP contribution in [0.25, 0.3) is 0 Å². The van der Waals surface area contributed by atoms with Crippen LogP contribution in [-0.2, 0) is 5.75 Å². The highest BCUT2D eigenvalue weighted by atomic mass is 32.2. The zero-order valence-electron chi connectivity index (χ0n) is 8.53. The fourth-order valence-corrected chi connectivity index (χ4v) is 2.94. The molecule has 0 saturated heterocycles. The second-order valence-corrected chi connectivity index (χ2v) is 5.18. The highest BCUT2D eigenvalue weighted by Crippen LogP contribution is 2.21. The van der Waals surface area contributed by atoms with Gasteiger partial charge in [0.2, 0.25) is 0 Å². The van der Waals surface area contributed by atoms with Crippen LogP contribution < -0.4 is 5.73 Å². The minimum atomic E-state index is 0.282. The van der Waals surface area contributed by atoms with Crippen LogP contribution in [0.4, 0.5) is 0 Å². The summed E-state index contributed by atoms with van der Waals surface area (Å²) in [7, 11) is 0. The maximum atomic E-state index is 8.62. The molecule has 1 aromatic rings. The summed E-state index contributed by atoms with van der Waals surface area (Å²) < 4.78 is 0. The van der Waals surface area contributed by atoms with E-state index in [1.165, 1.54) is 4.88 Å². The smallest absolute Gasteiger partial charge is 0.0772 e. The van der Waals surface area contributed by atoms with E-state index in [9.17, 15) is 0 Å². The first-order valence-electron chi connectivity index (χ1n) is 4.83. The molecule has 1 heterocycles. The number of rotatable bonds is 5. The van der Waals surface area contributed by atoms with Crippen LogP contribution >= 0.6 is 23.1 Å². The van der Waals surface area contributed by atoms with Gasteiger partial charge in [-0.25, -0.2) is 0 Å². The van der Waals surface area contributed by atoms with Gasteiger partial charge in [-0.1, -0.05) is 11.8 Å². The molecule has 0 amide bonds. The summed E-state index contributed by atoms with van der Waals surface area (Å²) in [5, 5.41) is 8.62. The van der Waals surface area contributed by atoms with E-state index >= 15 is 0 Å². The second-order valence-electron chi connectivity index (χ2n) is 2.90. The predicted octanol–water partition coefficient (Wildman–Crippen LogP) is 1.67. The number of nitrogens with two attached hydrogens (primary N) is 1. The largest absolute Gasteiger partial charge is 0.396 e. The molecule has 0 aromatic carbocycles. The predicted molar refractivity (Wildman–Crippen MR) is 68.1 cm³/mol. The first-order chi connectivity index (χ1) is 7.36. The molecule has 1 aromatic heterocycles. The van der Waals surface area contributed by atoms with Gasteiger partial charge in [0.15, 0.2) is 0 Å². The first kappa shape index (κ1) is 12.6. The summed E-state index contributed by atoms with van der Waals surface area (Å²) in [6, 6.07) is 4.15. The third kappa shape index (κ3) is 5.24. The van der Waals surface area contributed by atoms with Gasteiger partial charge in [-0.3, -0.25) is 0 Å². The Balaban J connectivity index is 2.33. The molecular weight excluding hydrogens is 226 g/mol. The van der Waals surface area contributed by atoms with Gasteiger partial charge in [0, 0.05) is 17.2 Å². The Morgan fingerprint density at radius 1 is 1.47 bits per heavy atom. The highest BCUT2D eigenvalue weighted by Gasteiger charge is 1.97. The van der Waals surface area contributed by atoms with Crippen LogP contribution in [0.2, 0.25) is 0 Å². The molecule has 0 saturated carbocycles. The van der Waals surface area contributed by atoms with Crippen LogP contribution in [0.15, 0.2) is 12.1 Å². The third-order valence-electron chi connectivity index (χ3n) is 1.67. The van der Waals surface area contributed by atoms with E-state index in [2.05, 4.69) is 17.9 Å². The molecule has 0 bridgehead atoms. The molecule has 4 heteroatoms. The van der Waals surface area contributed by atoms with Gasteiger partial charge >= 0.3 is 0 Å². The first-order valence-corrected chi connectivity index (χ1v) is 6.80. The van der Waals surface area contributed by atoms with Crippen LogP contribution in [0, 0.1) is 11.8 Å². The lowest BCUT2D eigenvalue weighted by atomic mass is 10.4. The van der Waals surface area contributed by atoms with E-state index in [-0.39, 0.29) is 6.61 Å². The maximum Gasteiger partial charge on any atom is 0.0772 e. The van der Waals surface area contributed by atoms with E-state index in [1.807, 2.05) is 17.8 Å². The summed E-state index contributed by atoms with van der Waals surface area (Å²) in [5.74, 6) is 7.88. The standard InChI is InChI=1S/C11H15NOS2/c12-6-1-3-10-4-5-11(15-10)9-14-8-2-7-13/h4-5,13H,2,6-9,12H2. The topological polar surface area (TPSA) is 46.2 Å². The van der Waals surface area contributed by atoms with Crippen molar-refractivity contribution in [3.8, 4) is 11.8 Å². The maximum absolute atomic E-state index is 8.62. The number of thioether (sulfide) groups is 1. The zero-order valence-corrected chi connectivity index (χ0v) is 10.2. The van der Waals surface area contributed by atoms with Crippen LogP contribution in [-0.4, -0.2) is 24.0 Å². The zero-order chi connectivity index (χ0) is 10.9. The summed E-state index contributed by atoms with van der Waals surface area (Å²) in [6.07, 6.45) is 0.871. The lowest BCUT2D eigenvalue weighted by Gasteiger charge is -1.96. The van der Waals surface area contributed by atoms with E-state index in [4.69, 9.17) is 10.8 Å². The van der Waals surface area contributed by atoms with E-state index < -0.39 is 0 Å². The van der Waals surface area contributed by atoms with Crippen molar-refractivity contribution in [2.75, 3.05) is 18.9 Å². The summed E-state index contributed by atoms with van der Waals surface area (Å²) >= 11 is 3.56. The minimum Gasteiger partial charge on any atom is -0.396 e. The molecule has 0 unspecified atom stereocenters. The average Bonchev–Trinajstić information content (AvgIpc) is 2.69. The fourth-order valence-electron chi connectivity index (χ4n) is 1.00. The van der Waals surface area contributed by atoms with E-state index in [0.717, 1.165) is 22.8 Å². The lowest BCUT2D eigenvalue weighted by molar-refractivity contribution is 0.296. The molecule has 0 aliphatic rings. The summed E-state index contributed by atoms with van der Waals surface area (Å²) in [6.45, 7) is 0.698. The Hall–Kier alpha value is -0.470. The van der Waals surface area contributed by atoms with Gasteiger partial charge in [-0.15, -0.1) is 11.3 Å². The van der Waals surface area contributed by atoms with Crippen molar-refractivity contribution in [3.05, 3.63) is 21.9 Å². The molecule has 0 aliphatic carbocycles. The SMILES string of the molecule is NCC#Cc1ccc(CSCCCO)s1. The Morgan fingerprint density at radius 2 is 2.33 bits per heavy atom. The molecule has 0 aliphatic heterocycles. The average molecular weight is 241 g/mol. The second kappa shape index (κ2) is 7.77. The fraction of sp³-hybridized carbons (Fsp3) is 0.455. The minimum absolute atomic E-state index is 0.282. The summed E-state index contributed by atoms with van der Waals surface area (Å²) in [4.78, 5) is 2.41. The van der Waals surface area contributed by atoms with Crippen molar-refractivity contribution in [3.63, 3.8) is 0 Å². The molecule has 0 atom stereocenters. The van der Waals surface area contributed by atoms with Crippen molar-refractivity contribution >= 4 is 23.1 Å². The van der Waals surface area contributed by atoms with E-state index in [1.54, 1.807) is 11.3 Å². The van der Waals surface area contributed by atoms with Crippen molar-refractivity contribution in [2.45, 2.75) is 12.2 Å². The molecule has 82 valence electrons. The normalized spacial score (nSPS) is 9.73. The Morgan fingerprint density at radius 3 is 3.07 bits per heavy atom. The van der Waals surface area contributed by atoms with Gasteiger partial charge in [0.25, 0.3) is 0 Å². The molecule has 0 fully saturated rings. The van der Waals surface area contributed by atoms with Gasteiger partial charge < -0.3 is 10.8 Å². The quantitative estimate of drug-likeness (QED) is 0.609. The lowest BCUT2D eigenvalue weighted by Crippen LogP contribution is -1.92. The molecule has 3 N–H and O–H groups in total. The molecule has 0 spiro atoms. The highest BCUT2D eigenvalue weighted by molar-refractivity contribution is 7.98. The van der Waals surface area contributed by atoms with Gasteiger partial charge in [0.1, 0.15) is 0 Å². The van der Waals surface area contributed by atoms with Gasteiger partial charge in [-0.05, 0) is 24.3 Å². The number of hydrogen-bond acceptors (Lipinski definition) is 4. The molecule has 1 rings (SSSR count). The number of hydrogen-bond donors (Lipinski definition) is 2. The number of thiophene rings is 1. The van der Waals surface area contributed by atoms with Crippen molar-refractivity contribution in [1.82, 2.24) is 0 Å². The molecule has 2 nitrogen and oxygen atoms in total. The van der Waals surface area contributed by atoms with E-state index in [0.29, 0.717) is 6.54 Å². The van der Waals surface area contributed by atoms with Crippen molar-refractivity contribution < 1.29 is 5.11 Å². The molecular formula is C11H15NOS2. The van der Waals surface area contributed by atoms with Crippen molar-refractivity contribution in [2.24, 2.45) is 5.73 Å². The summed E-state index contributed by atoms with van der Waals surface area (Å²) in [5.41, 5.74) is 5.30. The van der Waals surface area contributed by atoms with Crippen LogP contribution in [0.5, 0.6) is 0 Å².